The molecule has 7 heteroatoms. The number of carbonyl (C=O) groups excluding carboxylic acids is 1. The van der Waals surface area contributed by atoms with Gasteiger partial charge in [-0.05, 0) is 76.6 Å². The zero-order valence-corrected chi connectivity index (χ0v) is 17.8. The van der Waals surface area contributed by atoms with Crippen LogP contribution in [0.2, 0.25) is 0 Å². The molecule has 2 rings (SSSR count). The van der Waals surface area contributed by atoms with Crippen LogP contribution < -0.4 is 14.8 Å². The minimum absolute atomic E-state index is 0.124. The molecule has 0 radical (unpaired) electrons. The van der Waals surface area contributed by atoms with E-state index < -0.39 is 15.6 Å². The summed E-state index contributed by atoms with van der Waals surface area (Å²) in [4.78, 5) is 12.6. The van der Waals surface area contributed by atoms with Crippen LogP contribution in [0.3, 0.4) is 0 Å². The number of rotatable bonds is 7. The zero-order chi connectivity index (χ0) is 20.9. The maximum atomic E-state index is 12.5. The van der Waals surface area contributed by atoms with Gasteiger partial charge in [0, 0.05) is 11.1 Å². The third-order valence-corrected chi connectivity index (χ3v) is 5.68. The van der Waals surface area contributed by atoms with E-state index >= 15 is 0 Å². The predicted molar refractivity (Wildman–Crippen MR) is 110 cm³/mol. The van der Waals surface area contributed by atoms with Crippen molar-refractivity contribution in [2.75, 3.05) is 6.61 Å². The smallest absolute Gasteiger partial charge is 0.251 e. The Morgan fingerprint density at radius 2 is 1.61 bits per heavy atom. The lowest BCUT2D eigenvalue weighted by Gasteiger charge is -2.20. The first-order valence-corrected chi connectivity index (χ1v) is 10.7. The van der Waals surface area contributed by atoms with Gasteiger partial charge in [0.15, 0.2) is 0 Å². The molecule has 1 amide bonds. The lowest BCUT2D eigenvalue weighted by molar-refractivity contribution is 0.0939. The molecular formula is C21H28N2O4S. The minimum Gasteiger partial charge on any atom is -0.494 e. The Balaban J connectivity index is 2.06. The molecule has 0 aliphatic heterocycles. The number of amides is 1. The summed E-state index contributed by atoms with van der Waals surface area (Å²) in [6.07, 6.45) is 0. The molecule has 2 aromatic rings. The summed E-state index contributed by atoms with van der Waals surface area (Å²) in [5.41, 5.74) is 0.764. The van der Waals surface area contributed by atoms with Crippen molar-refractivity contribution in [3.05, 3.63) is 59.7 Å². The fourth-order valence-electron chi connectivity index (χ4n) is 2.63. The van der Waals surface area contributed by atoms with Gasteiger partial charge in [-0.15, -0.1) is 0 Å². The van der Waals surface area contributed by atoms with Crippen LogP contribution in [0.15, 0.2) is 53.4 Å². The van der Waals surface area contributed by atoms with Crippen LogP contribution in [-0.2, 0) is 10.0 Å². The van der Waals surface area contributed by atoms with E-state index in [0.717, 1.165) is 11.3 Å². The molecule has 0 heterocycles. The molecule has 2 aromatic carbocycles. The third-order valence-electron chi connectivity index (χ3n) is 3.91. The number of benzene rings is 2. The fourth-order valence-corrected chi connectivity index (χ4v) is 4.05. The topological polar surface area (TPSA) is 84.5 Å². The molecule has 0 bridgehead atoms. The van der Waals surface area contributed by atoms with E-state index in [1.165, 1.54) is 24.3 Å². The second kappa shape index (κ2) is 8.75. The standard InChI is InChI=1S/C21H28N2O4S/c1-6-27-18-11-7-16(8-12-18)15(2)22-20(24)17-9-13-19(14-10-17)28(25,26)23-21(3,4)5/h7-15,23H,6H2,1-5H3,(H,22,24). The number of sulfonamides is 1. The lowest BCUT2D eigenvalue weighted by atomic mass is 10.1. The van der Waals surface area contributed by atoms with Crippen molar-refractivity contribution in [2.24, 2.45) is 0 Å². The highest BCUT2D eigenvalue weighted by atomic mass is 32.2. The predicted octanol–water partition coefficient (Wildman–Crippen LogP) is 3.65. The maximum absolute atomic E-state index is 12.5. The molecule has 6 nitrogen and oxygen atoms in total. The molecule has 0 saturated heterocycles. The van der Waals surface area contributed by atoms with E-state index in [9.17, 15) is 13.2 Å². The SMILES string of the molecule is CCOc1ccc(C(C)NC(=O)c2ccc(S(=O)(=O)NC(C)(C)C)cc2)cc1. The van der Waals surface area contributed by atoms with Gasteiger partial charge >= 0.3 is 0 Å². The Morgan fingerprint density at radius 1 is 1.04 bits per heavy atom. The largest absolute Gasteiger partial charge is 0.494 e. The zero-order valence-electron chi connectivity index (χ0n) is 16.9. The molecule has 2 N–H and O–H groups in total. The average molecular weight is 405 g/mol. The summed E-state index contributed by atoms with van der Waals surface area (Å²) in [5, 5.41) is 2.92. The van der Waals surface area contributed by atoms with Crippen molar-refractivity contribution in [3.63, 3.8) is 0 Å². The lowest BCUT2D eigenvalue weighted by Crippen LogP contribution is -2.40. The molecule has 0 saturated carbocycles. The van der Waals surface area contributed by atoms with Gasteiger partial charge in [0.25, 0.3) is 5.91 Å². The number of hydrogen-bond donors (Lipinski definition) is 2. The number of nitrogens with one attached hydrogen (secondary N) is 2. The molecule has 0 aliphatic rings. The first-order valence-electron chi connectivity index (χ1n) is 9.19. The third kappa shape index (κ3) is 6.07. The van der Waals surface area contributed by atoms with Crippen LogP contribution in [-0.4, -0.2) is 26.5 Å². The average Bonchev–Trinajstić information content (AvgIpc) is 2.60. The quantitative estimate of drug-likeness (QED) is 0.738. The number of ether oxygens (including phenoxy) is 1. The van der Waals surface area contributed by atoms with Crippen LogP contribution in [0.1, 0.15) is 56.6 Å². The monoisotopic (exact) mass is 404 g/mol. The second-order valence-electron chi connectivity index (χ2n) is 7.58. The Kier molecular flexibility index (Phi) is 6.85. The molecule has 1 unspecified atom stereocenters. The van der Waals surface area contributed by atoms with Crippen molar-refractivity contribution in [2.45, 2.75) is 51.1 Å². The Bertz CT molecular complexity index is 899. The van der Waals surface area contributed by atoms with Gasteiger partial charge in [0.2, 0.25) is 10.0 Å². The molecular weight excluding hydrogens is 376 g/mol. The second-order valence-corrected chi connectivity index (χ2v) is 9.26. The van der Waals surface area contributed by atoms with Gasteiger partial charge in [-0.2, -0.15) is 0 Å². The highest BCUT2D eigenvalue weighted by Crippen LogP contribution is 2.19. The van der Waals surface area contributed by atoms with Crippen LogP contribution in [0.4, 0.5) is 0 Å². The summed E-state index contributed by atoms with van der Waals surface area (Å²) in [6, 6.07) is 13.2. The summed E-state index contributed by atoms with van der Waals surface area (Å²) < 4.78 is 32.7. The molecule has 0 fully saturated rings. The van der Waals surface area contributed by atoms with E-state index in [1.807, 2.05) is 38.1 Å². The van der Waals surface area contributed by atoms with E-state index in [2.05, 4.69) is 10.0 Å². The van der Waals surface area contributed by atoms with Crippen molar-refractivity contribution < 1.29 is 17.9 Å². The van der Waals surface area contributed by atoms with Crippen LogP contribution in [0.5, 0.6) is 5.75 Å². The van der Waals surface area contributed by atoms with Crippen molar-refractivity contribution >= 4 is 15.9 Å². The maximum Gasteiger partial charge on any atom is 0.251 e. The first kappa shape index (κ1) is 21.9. The molecule has 28 heavy (non-hydrogen) atoms. The van der Waals surface area contributed by atoms with Crippen molar-refractivity contribution in [1.29, 1.82) is 0 Å². The first-order chi connectivity index (χ1) is 13.0. The molecule has 152 valence electrons. The van der Waals surface area contributed by atoms with Crippen LogP contribution in [0.25, 0.3) is 0 Å². The summed E-state index contributed by atoms with van der Waals surface area (Å²) >= 11 is 0. The van der Waals surface area contributed by atoms with Gasteiger partial charge < -0.3 is 10.1 Å². The normalized spacial score (nSPS) is 13.0. The summed E-state index contributed by atoms with van der Waals surface area (Å²) in [6.45, 7) is 9.73. The number of carbonyl (C=O) groups is 1. The number of hydrogen-bond acceptors (Lipinski definition) is 4. The van der Waals surface area contributed by atoms with E-state index in [0.29, 0.717) is 12.2 Å². The van der Waals surface area contributed by atoms with Gasteiger partial charge in [0.05, 0.1) is 17.5 Å². The van der Waals surface area contributed by atoms with Crippen LogP contribution in [0, 0.1) is 0 Å². The van der Waals surface area contributed by atoms with Crippen molar-refractivity contribution in [1.82, 2.24) is 10.0 Å². The highest BCUT2D eigenvalue weighted by molar-refractivity contribution is 7.89. The van der Waals surface area contributed by atoms with Gasteiger partial charge in [-0.3, -0.25) is 4.79 Å². The highest BCUT2D eigenvalue weighted by Gasteiger charge is 2.22. The Morgan fingerprint density at radius 3 is 2.11 bits per heavy atom. The molecule has 0 aromatic heterocycles. The molecule has 1 atom stereocenters. The molecule has 0 spiro atoms. The summed E-state index contributed by atoms with van der Waals surface area (Å²) in [5.74, 6) is 0.513. The fraction of sp³-hybridized carbons (Fsp3) is 0.381. The summed E-state index contributed by atoms with van der Waals surface area (Å²) in [7, 11) is -3.63. The van der Waals surface area contributed by atoms with Crippen molar-refractivity contribution in [3.8, 4) is 5.75 Å². The van der Waals surface area contributed by atoms with Crippen LogP contribution >= 0.6 is 0 Å². The van der Waals surface area contributed by atoms with Gasteiger partial charge in [-0.25, -0.2) is 13.1 Å². The van der Waals surface area contributed by atoms with E-state index in [4.69, 9.17) is 4.74 Å². The van der Waals surface area contributed by atoms with E-state index in [-0.39, 0.29) is 16.8 Å². The minimum atomic E-state index is -3.63. The molecule has 0 aliphatic carbocycles. The Labute approximate surface area is 167 Å². The van der Waals surface area contributed by atoms with E-state index in [1.54, 1.807) is 20.8 Å². The van der Waals surface area contributed by atoms with Gasteiger partial charge in [0.1, 0.15) is 5.75 Å². The Hall–Kier alpha value is -2.38. The van der Waals surface area contributed by atoms with Gasteiger partial charge in [-0.1, -0.05) is 12.1 Å².